The van der Waals surface area contributed by atoms with E-state index in [1.165, 1.54) is 10.9 Å². The minimum atomic E-state index is -0.241. The van der Waals surface area contributed by atoms with Gasteiger partial charge in [-0.1, -0.05) is 19.1 Å². The van der Waals surface area contributed by atoms with Crippen molar-refractivity contribution in [2.24, 2.45) is 0 Å². The number of hydrogen-bond donors (Lipinski definition) is 3. The van der Waals surface area contributed by atoms with Gasteiger partial charge < -0.3 is 15.4 Å². The Hall–Kier alpha value is -1.03. The summed E-state index contributed by atoms with van der Waals surface area (Å²) in [6, 6.07) is 8.43. The maximum absolute atomic E-state index is 9.41. The molecule has 0 radical (unpaired) electrons. The van der Waals surface area contributed by atoms with E-state index in [-0.39, 0.29) is 18.5 Å². The summed E-state index contributed by atoms with van der Waals surface area (Å²) < 4.78 is 0. The summed E-state index contributed by atoms with van der Waals surface area (Å²) in [5.41, 5.74) is 2.40. The van der Waals surface area contributed by atoms with Gasteiger partial charge in [0.2, 0.25) is 0 Å². The number of aromatic nitrogens is 1. The molecule has 0 spiro atoms. The van der Waals surface area contributed by atoms with Gasteiger partial charge in [-0.3, -0.25) is 0 Å². The highest BCUT2D eigenvalue weighted by Crippen LogP contribution is 2.13. The largest absolute Gasteiger partial charge is 0.392 e. The number of nitrogens with one attached hydrogen (secondary N) is 2. The topological polar surface area (TPSA) is 48.0 Å². The number of H-pyrrole nitrogens is 1. The van der Waals surface area contributed by atoms with Crippen LogP contribution in [0.1, 0.15) is 18.9 Å². The van der Waals surface area contributed by atoms with E-state index in [4.69, 9.17) is 0 Å². The second kappa shape index (κ2) is 6.64. The summed E-state index contributed by atoms with van der Waals surface area (Å²) in [6.07, 6.45) is 2.50. The summed E-state index contributed by atoms with van der Waals surface area (Å²) >= 11 is 0. The molecule has 1 unspecified atom stereocenters. The molecule has 17 heavy (non-hydrogen) atoms. The Labute approximate surface area is 108 Å². The van der Waals surface area contributed by atoms with Gasteiger partial charge in [0.25, 0.3) is 0 Å². The van der Waals surface area contributed by atoms with Gasteiger partial charge in [-0.2, -0.15) is 0 Å². The van der Waals surface area contributed by atoms with Crippen molar-refractivity contribution in [1.82, 2.24) is 10.3 Å². The fraction of sp³-hybridized carbons (Fsp3) is 0.385. The first kappa shape index (κ1) is 14.0. The van der Waals surface area contributed by atoms with Crippen molar-refractivity contribution in [3.8, 4) is 0 Å². The van der Waals surface area contributed by atoms with Crippen LogP contribution in [0.2, 0.25) is 0 Å². The Balaban J connectivity index is 0.00000144. The number of rotatable bonds is 5. The lowest BCUT2D eigenvalue weighted by molar-refractivity contribution is 0.167. The number of hydrogen-bond acceptors (Lipinski definition) is 2. The third-order valence-corrected chi connectivity index (χ3v) is 2.80. The molecule has 0 aliphatic carbocycles. The van der Waals surface area contributed by atoms with Crippen LogP contribution in [0.15, 0.2) is 30.5 Å². The molecule has 94 valence electrons. The maximum atomic E-state index is 9.41. The first-order valence-electron chi connectivity index (χ1n) is 5.74. The van der Waals surface area contributed by atoms with E-state index in [0.717, 1.165) is 18.5 Å². The van der Waals surface area contributed by atoms with Gasteiger partial charge >= 0.3 is 0 Å². The van der Waals surface area contributed by atoms with Crippen LogP contribution < -0.4 is 5.32 Å². The predicted octanol–water partition coefficient (Wildman–Crippen LogP) is 2.45. The van der Waals surface area contributed by atoms with Gasteiger partial charge in [-0.25, -0.2) is 0 Å². The Morgan fingerprint density at radius 1 is 1.35 bits per heavy atom. The molecule has 4 heteroatoms. The van der Waals surface area contributed by atoms with Crippen LogP contribution in [0.5, 0.6) is 0 Å². The van der Waals surface area contributed by atoms with Gasteiger partial charge in [0.1, 0.15) is 0 Å². The van der Waals surface area contributed by atoms with E-state index in [0.29, 0.717) is 6.54 Å². The number of fused-ring (bicyclic) bond motifs is 1. The van der Waals surface area contributed by atoms with E-state index in [2.05, 4.69) is 34.6 Å². The molecule has 0 aliphatic rings. The Morgan fingerprint density at radius 3 is 2.94 bits per heavy atom. The van der Waals surface area contributed by atoms with Crippen LogP contribution in [0.4, 0.5) is 0 Å². The average molecular weight is 255 g/mol. The Bertz CT molecular complexity index is 455. The summed E-state index contributed by atoms with van der Waals surface area (Å²) in [5.74, 6) is 0. The molecule has 2 rings (SSSR count). The van der Waals surface area contributed by atoms with E-state index < -0.39 is 0 Å². The molecule has 1 aromatic carbocycles. The smallest absolute Gasteiger partial charge is 0.0662 e. The zero-order valence-electron chi connectivity index (χ0n) is 9.94. The number of aliphatic hydroxyl groups excluding tert-OH is 1. The lowest BCUT2D eigenvalue weighted by Crippen LogP contribution is -2.25. The molecule has 3 nitrogen and oxygen atoms in total. The van der Waals surface area contributed by atoms with Crippen molar-refractivity contribution in [2.75, 3.05) is 6.54 Å². The minimum Gasteiger partial charge on any atom is -0.392 e. The molecule has 0 amide bonds. The highest BCUT2D eigenvalue weighted by atomic mass is 35.5. The molecule has 1 heterocycles. The number of benzene rings is 1. The predicted molar refractivity (Wildman–Crippen MR) is 73.6 cm³/mol. The van der Waals surface area contributed by atoms with Crippen LogP contribution in [0.3, 0.4) is 0 Å². The summed E-state index contributed by atoms with van der Waals surface area (Å²) in [4.78, 5) is 3.19. The quantitative estimate of drug-likeness (QED) is 0.768. The van der Waals surface area contributed by atoms with Crippen molar-refractivity contribution in [2.45, 2.75) is 26.0 Å². The lowest BCUT2D eigenvalue weighted by atomic mass is 10.1. The van der Waals surface area contributed by atoms with E-state index in [1.807, 2.05) is 13.1 Å². The third kappa shape index (κ3) is 3.73. The number of aromatic amines is 1. The zero-order valence-corrected chi connectivity index (χ0v) is 10.8. The number of aliphatic hydroxyl groups is 1. The third-order valence-electron chi connectivity index (χ3n) is 2.80. The molecule has 2 aromatic rings. The molecular formula is C13H19ClN2O. The SMILES string of the molecule is CCC(O)CNCc1ccc2cc[nH]c2c1.Cl. The zero-order chi connectivity index (χ0) is 11.4. The van der Waals surface area contributed by atoms with Crippen LogP contribution >= 0.6 is 12.4 Å². The van der Waals surface area contributed by atoms with Crippen molar-refractivity contribution in [3.63, 3.8) is 0 Å². The summed E-state index contributed by atoms with van der Waals surface area (Å²) in [5, 5.41) is 13.9. The average Bonchev–Trinajstić information content (AvgIpc) is 2.76. The van der Waals surface area contributed by atoms with Crippen LogP contribution in [0, 0.1) is 0 Å². The molecule has 1 aromatic heterocycles. The Morgan fingerprint density at radius 2 is 2.18 bits per heavy atom. The first-order valence-corrected chi connectivity index (χ1v) is 5.74. The van der Waals surface area contributed by atoms with Crippen molar-refractivity contribution in [1.29, 1.82) is 0 Å². The Kier molecular flexibility index (Phi) is 5.48. The van der Waals surface area contributed by atoms with Crippen molar-refractivity contribution in [3.05, 3.63) is 36.0 Å². The minimum absolute atomic E-state index is 0. The fourth-order valence-electron chi connectivity index (χ4n) is 1.73. The molecule has 0 bridgehead atoms. The van der Waals surface area contributed by atoms with Crippen LogP contribution in [-0.4, -0.2) is 22.7 Å². The lowest BCUT2D eigenvalue weighted by Gasteiger charge is -2.09. The van der Waals surface area contributed by atoms with Gasteiger partial charge in [0, 0.05) is 24.8 Å². The fourth-order valence-corrected chi connectivity index (χ4v) is 1.73. The normalized spacial score (nSPS) is 12.4. The highest BCUT2D eigenvalue weighted by Gasteiger charge is 2.00. The second-order valence-corrected chi connectivity index (χ2v) is 4.09. The summed E-state index contributed by atoms with van der Waals surface area (Å²) in [7, 11) is 0. The monoisotopic (exact) mass is 254 g/mol. The molecule has 0 aliphatic heterocycles. The number of halogens is 1. The summed E-state index contributed by atoms with van der Waals surface area (Å²) in [6.45, 7) is 3.43. The first-order chi connectivity index (χ1) is 7.79. The van der Waals surface area contributed by atoms with E-state index >= 15 is 0 Å². The van der Waals surface area contributed by atoms with Crippen LogP contribution in [-0.2, 0) is 6.54 Å². The van der Waals surface area contributed by atoms with Crippen LogP contribution in [0.25, 0.3) is 10.9 Å². The molecule has 0 saturated heterocycles. The van der Waals surface area contributed by atoms with Gasteiger partial charge in [0.15, 0.2) is 0 Å². The standard InChI is InChI=1S/C13H18N2O.ClH/c1-2-12(16)9-14-8-10-3-4-11-5-6-15-13(11)7-10;/h3-7,12,14-16H,2,8-9H2,1H3;1H. The molecule has 1 atom stereocenters. The van der Waals surface area contributed by atoms with Crippen molar-refractivity contribution < 1.29 is 5.11 Å². The van der Waals surface area contributed by atoms with Gasteiger partial charge in [-0.15, -0.1) is 12.4 Å². The van der Waals surface area contributed by atoms with Gasteiger partial charge in [0.05, 0.1) is 6.10 Å². The molecule has 3 N–H and O–H groups in total. The molecule has 0 fully saturated rings. The molecule has 0 saturated carbocycles. The van der Waals surface area contributed by atoms with Crippen molar-refractivity contribution >= 4 is 23.3 Å². The molecular weight excluding hydrogens is 236 g/mol. The second-order valence-electron chi connectivity index (χ2n) is 4.09. The van der Waals surface area contributed by atoms with E-state index in [9.17, 15) is 5.11 Å². The van der Waals surface area contributed by atoms with E-state index in [1.54, 1.807) is 0 Å². The maximum Gasteiger partial charge on any atom is 0.0662 e. The highest BCUT2D eigenvalue weighted by molar-refractivity contribution is 5.85. The van der Waals surface area contributed by atoms with Gasteiger partial charge in [-0.05, 0) is 29.5 Å².